The molecular weight excluding hydrogens is 234 g/mol. The molecule has 0 saturated carbocycles. The molecule has 0 saturated heterocycles. The fourth-order valence-electron chi connectivity index (χ4n) is 1.50. The van der Waals surface area contributed by atoms with Crippen molar-refractivity contribution in [1.82, 2.24) is 5.32 Å². The predicted molar refractivity (Wildman–Crippen MR) is 69.4 cm³/mol. The highest BCUT2D eigenvalue weighted by Crippen LogP contribution is 2.12. The number of hydrogen-bond acceptors (Lipinski definition) is 3. The van der Waals surface area contributed by atoms with Gasteiger partial charge in [-0.15, -0.1) is 0 Å². The number of methoxy groups -OCH3 is 1. The summed E-state index contributed by atoms with van der Waals surface area (Å²) in [6.07, 6.45) is 4.02. The smallest absolute Gasteiger partial charge is 0.303 e. The van der Waals surface area contributed by atoms with Crippen LogP contribution in [0.1, 0.15) is 52.4 Å². The molecule has 0 aromatic carbocycles. The van der Waals surface area contributed by atoms with Crippen LogP contribution in [-0.2, 0) is 14.3 Å². The lowest BCUT2D eigenvalue weighted by Gasteiger charge is -2.21. The minimum absolute atomic E-state index is 0.00705. The summed E-state index contributed by atoms with van der Waals surface area (Å²) >= 11 is 0. The monoisotopic (exact) mass is 259 g/mol. The van der Waals surface area contributed by atoms with Gasteiger partial charge >= 0.3 is 5.97 Å². The van der Waals surface area contributed by atoms with Crippen LogP contribution in [0.3, 0.4) is 0 Å². The van der Waals surface area contributed by atoms with Gasteiger partial charge in [-0.25, -0.2) is 0 Å². The Morgan fingerprint density at radius 1 is 1.17 bits per heavy atom. The SMILES string of the molecule is COC(C)(C)CC(=O)NCCCCCCC(=O)O. The number of rotatable bonds is 10. The third-order valence-corrected chi connectivity index (χ3v) is 2.78. The van der Waals surface area contributed by atoms with Crippen LogP contribution in [0.2, 0.25) is 0 Å². The van der Waals surface area contributed by atoms with Crippen molar-refractivity contribution in [3.63, 3.8) is 0 Å². The van der Waals surface area contributed by atoms with Crippen LogP contribution in [0.5, 0.6) is 0 Å². The molecular formula is C13H25NO4. The lowest BCUT2D eigenvalue weighted by molar-refractivity contribution is -0.137. The topological polar surface area (TPSA) is 75.6 Å². The first kappa shape index (κ1) is 16.9. The van der Waals surface area contributed by atoms with Gasteiger partial charge in [0.25, 0.3) is 0 Å². The maximum absolute atomic E-state index is 11.5. The minimum atomic E-state index is -0.745. The molecule has 0 aliphatic carbocycles. The van der Waals surface area contributed by atoms with E-state index in [4.69, 9.17) is 9.84 Å². The molecule has 1 amide bonds. The van der Waals surface area contributed by atoms with Gasteiger partial charge in [0, 0.05) is 20.1 Å². The van der Waals surface area contributed by atoms with E-state index in [2.05, 4.69) is 5.32 Å². The number of amides is 1. The molecule has 0 rings (SSSR count). The standard InChI is InChI=1S/C13H25NO4/c1-13(2,18-3)10-11(15)14-9-7-5-4-6-8-12(16)17/h4-10H2,1-3H3,(H,14,15)(H,16,17). The Morgan fingerprint density at radius 3 is 2.33 bits per heavy atom. The second kappa shape index (κ2) is 8.91. The molecule has 0 radical (unpaired) electrons. The second-order valence-corrected chi connectivity index (χ2v) is 5.05. The quantitative estimate of drug-likeness (QED) is 0.588. The van der Waals surface area contributed by atoms with Crippen LogP contribution in [0.15, 0.2) is 0 Å². The first-order valence-corrected chi connectivity index (χ1v) is 6.41. The van der Waals surface area contributed by atoms with Gasteiger partial charge in [-0.05, 0) is 26.7 Å². The average Bonchev–Trinajstić information content (AvgIpc) is 2.26. The zero-order chi connectivity index (χ0) is 14.0. The number of ether oxygens (including phenoxy) is 1. The van der Waals surface area contributed by atoms with E-state index in [1.54, 1.807) is 7.11 Å². The summed E-state index contributed by atoms with van der Waals surface area (Å²) in [5, 5.41) is 11.3. The van der Waals surface area contributed by atoms with E-state index >= 15 is 0 Å². The zero-order valence-corrected chi connectivity index (χ0v) is 11.6. The zero-order valence-electron chi connectivity index (χ0n) is 11.6. The summed E-state index contributed by atoms with van der Waals surface area (Å²) in [5.41, 5.74) is -0.425. The van der Waals surface area contributed by atoms with E-state index < -0.39 is 11.6 Å². The number of nitrogens with one attached hydrogen (secondary N) is 1. The van der Waals surface area contributed by atoms with Crippen LogP contribution in [-0.4, -0.2) is 36.2 Å². The molecule has 5 heteroatoms. The molecule has 0 heterocycles. The van der Waals surface area contributed by atoms with Crippen molar-refractivity contribution in [3.8, 4) is 0 Å². The summed E-state index contributed by atoms with van der Waals surface area (Å²) in [6, 6.07) is 0. The van der Waals surface area contributed by atoms with E-state index in [9.17, 15) is 9.59 Å². The summed E-state index contributed by atoms with van der Waals surface area (Å²) in [4.78, 5) is 21.8. The minimum Gasteiger partial charge on any atom is -0.481 e. The molecule has 0 spiro atoms. The summed E-state index contributed by atoms with van der Waals surface area (Å²) in [5.74, 6) is -0.752. The molecule has 5 nitrogen and oxygen atoms in total. The van der Waals surface area contributed by atoms with Crippen molar-refractivity contribution >= 4 is 11.9 Å². The highest BCUT2D eigenvalue weighted by atomic mass is 16.5. The fourth-order valence-corrected chi connectivity index (χ4v) is 1.50. The van der Waals surface area contributed by atoms with Gasteiger partial charge in [0.15, 0.2) is 0 Å². The van der Waals surface area contributed by atoms with Gasteiger partial charge in [0.05, 0.1) is 12.0 Å². The largest absolute Gasteiger partial charge is 0.481 e. The normalized spacial score (nSPS) is 11.3. The summed E-state index contributed by atoms with van der Waals surface area (Å²) < 4.78 is 5.17. The Labute approximate surface area is 109 Å². The van der Waals surface area contributed by atoms with Gasteiger partial charge in [-0.2, -0.15) is 0 Å². The van der Waals surface area contributed by atoms with Gasteiger partial charge in [0.2, 0.25) is 5.91 Å². The van der Waals surface area contributed by atoms with E-state index in [1.165, 1.54) is 0 Å². The number of hydrogen-bond donors (Lipinski definition) is 2. The first-order valence-electron chi connectivity index (χ1n) is 6.41. The van der Waals surface area contributed by atoms with Crippen LogP contribution in [0.25, 0.3) is 0 Å². The number of carboxylic acids is 1. The van der Waals surface area contributed by atoms with Crippen LogP contribution in [0, 0.1) is 0 Å². The molecule has 0 atom stereocenters. The first-order chi connectivity index (χ1) is 8.37. The highest BCUT2D eigenvalue weighted by molar-refractivity contribution is 5.76. The number of unbranched alkanes of at least 4 members (excludes halogenated alkanes) is 3. The number of carbonyl (C=O) groups is 2. The maximum Gasteiger partial charge on any atom is 0.303 e. The average molecular weight is 259 g/mol. The molecule has 2 N–H and O–H groups in total. The molecule has 0 aliphatic rings. The van der Waals surface area contributed by atoms with E-state index in [1.807, 2.05) is 13.8 Å². The second-order valence-electron chi connectivity index (χ2n) is 5.05. The van der Waals surface area contributed by atoms with Crippen LogP contribution in [0.4, 0.5) is 0 Å². The lowest BCUT2D eigenvalue weighted by atomic mass is 10.0. The fraction of sp³-hybridized carbons (Fsp3) is 0.846. The van der Waals surface area contributed by atoms with E-state index in [0.29, 0.717) is 19.4 Å². The molecule has 18 heavy (non-hydrogen) atoms. The Kier molecular flexibility index (Phi) is 8.37. The Morgan fingerprint density at radius 2 is 1.78 bits per heavy atom. The van der Waals surface area contributed by atoms with Crippen molar-refractivity contribution in [3.05, 3.63) is 0 Å². The molecule has 0 unspecified atom stereocenters. The van der Waals surface area contributed by atoms with Crippen molar-refractivity contribution in [1.29, 1.82) is 0 Å². The number of aliphatic carboxylic acids is 1. The molecule has 0 aromatic rings. The molecule has 0 bridgehead atoms. The Hall–Kier alpha value is -1.10. The van der Waals surface area contributed by atoms with Gasteiger partial charge in [-0.1, -0.05) is 12.8 Å². The Bertz CT molecular complexity index is 264. The number of carbonyl (C=O) groups excluding carboxylic acids is 1. The summed E-state index contributed by atoms with van der Waals surface area (Å²) in [7, 11) is 1.59. The highest BCUT2D eigenvalue weighted by Gasteiger charge is 2.20. The predicted octanol–water partition coefficient (Wildman–Crippen LogP) is 1.95. The third kappa shape index (κ3) is 10.1. The van der Waals surface area contributed by atoms with Gasteiger partial charge < -0.3 is 15.2 Å². The lowest BCUT2D eigenvalue weighted by Crippen LogP contribution is -2.34. The third-order valence-electron chi connectivity index (χ3n) is 2.78. The molecule has 0 aliphatic heterocycles. The van der Waals surface area contributed by atoms with Crippen molar-refractivity contribution in [2.75, 3.05) is 13.7 Å². The summed E-state index contributed by atoms with van der Waals surface area (Å²) in [6.45, 7) is 4.39. The van der Waals surface area contributed by atoms with Crippen LogP contribution < -0.4 is 5.32 Å². The molecule has 0 aromatic heterocycles. The van der Waals surface area contributed by atoms with Crippen LogP contribution >= 0.6 is 0 Å². The van der Waals surface area contributed by atoms with E-state index in [0.717, 1.165) is 19.3 Å². The number of carboxylic acid groups (broad SMARTS) is 1. The van der Waals surface area contributed by atoms with Crippen molar-refractivity contribution in [2.24, 2.45) is 0 Å². The maximum atomic E-state index is 11.5. The van der Waals surface area contributed by atoms with Crippen molar-refractivity contribution in [2.45, 2.75) is 58.0 Å². The molecule has 0 fully saturated rings. The van der Waals surface area contributed by atoms with E-state index in [-0.39, 0.29) is 12.3 Å². The van der Waals surface area contributed by atoms with Gasteiger partial charge in [0.1, 0.15) is 0 Å². The molecule has 106 valence electrons. The van der Waals surface area contributed by atoms with Crippen molar-refractivity contribution < 1.29 is 19.4 Å². The van der Waals surface area contributed by atoms with Gasteiger partial charge in [-0.3, -0.25) is 9.59 Å². The Balaban J connectivity index is 3.44.